The van der Waals surface area contributed by atoms with E-state index in [9.17, 15) is 9.59 Å². The van der Waals surface area contributed by atoms with Gasteiger partial charge in [0, 0.05) is 253 Å². The molecule has 0 unspecified atom stereocenters. The molecular weight excluding hydrogens is 1740 g/mol. The summed E-state index contributed by atoms with van der Waals surface area (Å²) in [6.07, 6.45) is 8.56. The van der Waals surface area contributed by atoms with E-state index in [-0.39, 0.29) is 27.0 Å². The van der Waals surface area contributed by atoms with Crippen LogP contribution < -0.4 is 36.3 Å². The minimum absolute atomic E-state index is 0. The molecule has 0 aliphatic carbocycles. The Kier molecular flexibility index (Phi) is 38.7. The molecule has 3 aliphatic rings. The number of ether oxygens (including phenoxy) is 5. The van der Waals surface area contributed by atoms with E-state index in [1.807, 2.05) is 96.1 Å². The number of hydrogen-bond acceptors (Lipinski definition) is 17. The average molecular weight is 1880 g/mol. The van der Waals surface area contributed by atoms with Gasteiger partial charge in [0.25, 0.3) is 0 Å². The lowest BCUT2D eigenvalue weighted by Gasteiger charge is -2.35. The van der Waals surface area contributed by atoms with Gasteiger partial charge in [-0.1, -0.05) is 141 Å². The van der Waals surface area contributed by atoms with Crippen molar-refractivity contribution in [1.29, 1.82) is 0 Å². The number of rotatable bonds is 34. The number of piperazine rings is 3. The first-order valence-electron chi connectivity index (χ1n) is 46.6. The number of methoxy groups -OCH3 is 3. The van der Waals surface area contributed by atoms with Crippen LogP contribution in [0.2, 0.25) is 15.1 Å². The van der Waals surface area contributed by atoms with E-state index in [1.165, 1.54) is 94.0 Å². The van der Waals surface area contributed by atoms with E-state index in [4.69, 9.17) is 70.0 Å². The van der Waals surface area contributed by atoms with Crippen molar-refractivity contribution in [2.24, 2.45) is 11.5 Å². The number of aryl methyl sites for hydroxylation is 3. The first-order valence-corrected chi connectivity index (χ1v) is 47.8. The number of aromatic nitrogens is 3. The van der Waals surface area contributed by atoms with E-state index < -0.39 is 11.2 Å². The van der Waals surface area contributed by atoms with Crippen molar-refractivity contribution in [2.75, 3.05) is 148 Å². The van der Waals surface area contributed by atoms with Crippen molar-refractivity contribution in [1.82, 2.24) is 63.5 Å². The number of alkyl carbamates (subject to hydrolysis) is 2. The number of nitrogens with two attached hydrogens (primary N) is 2. The second-order valence-corrected chi connectivity index (χ2v) is 38.9. The molecule has 0 radical (unpaired) electrons. The Balaban J connectivity index is 0.000000193. The zero-order valence-electron chi connectivity index (χ0n) is 79.8. The Morgan fingerprint density at radius 1 is 0.358 bits per heavy atom. The van der Waals surface area contributed by atoms with Crippen molar-refractivity contribution in [2.45, 2.75) is 165 Å². The number of amides is 2. The minimum Gasteiger partial charge on any atom is -0.497 e. The number of nitrogens with one attached hydrogen (secondary N) is 2. The van der Waals surface area contributed by atoms with E-state index in [0.29, 0.717) is 26.2 Å². The lowest BCUT2D eigenvalue weighted by Crippen LogP contribution is -2.45. The molecule has 22 nitrogen and oxygen atoms in total. The summed E-state index contributed by atoms with van der Waals surface area (Å²) in [6.45, 7) is 35.3. The predicted octanol–water partition coefficient (Wildman–Crippen LogP) is 20.9. The molecule has 3 saturated heterocycles. The fourth-order valence-corrected chi connectivity index (χ4v) is 18.6. The summed E-state index contributed by atoms with van der Waals surface area (Å²) < 4.78 is 34.4. The van der Waals surface area contributed by atoms with Gasteiger partial charge in [-0.3, -0.25) is 29.4 Å². The molecule has 12 aromatic rings. The molecule has 0 bridgehead atoms. The van der Waals surface area contributed by atoms with Gasteiger partial charge in [0.15, 0.2) is 0 Å². The quantitative estimate of drug-likeness (QED) is 0.0278. The van der Waals surface area contributed by atoms with Gasteiger partial charge in [-0.25, -0.2) is 9.59 Å². The fraction of sp³-hybridized carbons (Fsp3) is 0.431. The molecule has 134 heavy (non-hydrogen) atoms. The number of halogens is 3. The van der Waals surface area contributed by atoms with Crippen LogP contribution in [0.1, 0.15) is 126 Å². The Morgan fingerprint density at radius 2 is 0.642 bits per heavy atom. The van der Waals surface area contributed by atoms with Crippen molar-refractivity contribution in [3.63, 3.8) is 0 Å². The number of nitrogens with zero attached hydrogens (tertiary/aromatic N) is 11. The maximum Gasteiger partial charge on any atom is 0.407 e. The maximum atomic E-state index is 12.2. The van der Waals surface area contributed by atoms with Crippen LogP contribution in [0, 0.1) is 0 Å². The van der Waals surface area contributed by atoms with Crippen LogP contribution >= 0.6 is 34.8 Å². The van der Waals surface area contributed by atoms with Crippen molar-refractivity contribution >= 4 is 79.7 Å². The number of benzene rings is 9. The monoisotopic (exact) mass is 1880 g/mol. The van der Waals surface area contributed by atoms with Gasteiger partial charge in [0.2, 0.25) is 0 Å². The maximum absolute atomic E-state index is 12.2. The van der Waals surface area contributed by atoms with Gasteiger partial charge in [-0.05, 0) is 253 Å². The highest BCUT2D eigenvalue weighted by Crippen LogP contribution is 2.41. The standard InChI is InChI=1S/C38H50ClN5O3.C36H46ClN5O3.C33H42ClN5O.2CH4/c1-38(2,3)47-37(45)40-16-9-17-44-27-34(32-14-13-31(46-6)23-30(32)25-41(4)5)33-22-28(12-15-36(33)44)24-42-18-20-43(21-19-42)26-29-10-7-8-11-35(29)39;1-36(2,3)45-35(43)39-14-7-15-42-25-32(30-12-11-29(44-4)21-28(30)22-38)31-20-26(10-13-34(31)42)23-40-16-18-41(19-17-40)24-27-8-5-6-9-33(27)37;1-36(2)22-27-20-28(40-3)10-11-29(27)31-24-39(14-6-13-35)33-12-9-25(19-30(31)33)21-37-15-17-38(18-16-37)23-26-7-4-5-8-32(26)34;;/h7-8,10-15,22-23,27H,9,16-21,24-26H2,1-6H3,(H,40,45);5-6,8-13,20-21,25H,7,14-19,22-24,38H2,1-4H3,(H,39,43);4-5,7-12,19-20,24H,6,13-18,21-23,35H2,1-3H3;2*1H4. The lowest BCUT2D eigenvalue weighted by molar-refractivity contribution is 0.0515. The highest BCUT2D eigenvalue weighted by Gasteiger charge is 2.27. The lowest BCUT2D eigenvalue weighted by atomic mass is 9.97. The normalized spacial score (nSPS) is 14.4. The van der Waals surface area contributed by atoms with Gasteiger partial charge in [0.05, 0.1) is 21.3 Å². The molecule has 720 valence electrons. The fourth-order valence-electron chi connectivity index (χ4n) is 18.0. The van der Waals surface area contributed by atoms with Crippen LogP contribution in [0.5, 0.6) is 17.2 Å². The third-order valence-electron chi connectivity index (χ3n) is 24.6. The van der Waals surface area contributed by atoms with Crippen LogP contribution in [0.3, 0.4) is 0 Å². The summed E-state index contributed by atoms with van der Waals surface area (Å²) in [5.74, 6) is 2.55. The molecule has 3 aliphatic heterocycles. The number of fused-ring (bicyclic) bond motifs is 3. The van der Waals surface area contributed by atoms with E-state index in [2.05, 4.69) is 238 Å². The molecule has 15 rings (SSSR count). The highest BCUT2D eigenvalue weighted by molar-refractivity contribution is 6.32. The van der Waals surface area contributed by atoms with Crippen molar-refractivity contribution < 1.29 is 33.3 Å². The molecule has 0 saturated carbocycles. The first-order chi connectivity index (χ1) is 63.6. The van der Waals surface area contributed by atoms with E-state index in [1.54, 1.807) is 21.3 Å². The summed E-state index contributed by atoms with van der Waals surface area (Å²) in [5.41, 5.74) is 33.0. The van der Waals surface area contributed by atoms with E-state index >= 15 is 0 Å². The minimum atomic E-state index is -0.517. The molecular formula is C109H146Cl3N15O7. The van der Waals surface area contributed by atoms with Crippen molar-refractivity contribution in [3.05, 3.63) is 266 Å². The van der Waals surface area contributed by atoms with Gasteiger partial charge >= 0.3 is 12.2 Å². The predicted molar refractivity (Wildman–Crippen MR) is 555 cm³/mol. The van der Waals surface area contributed by atoms with E-state index in [0.717, 1.165) is 224 Å². The Hall–Kier alpha value is -9.99. The van der Waals surface area contributed by atoms with Gasteiger partial charge in [-0.15, -0.1) is 0 Å². The summed E-state index contributed by atoms with van der Waals surface area (Å²) in [5, 5.41) is 12.1. The second-order valence-electron chi connectivity index (χ2n) is 37.6. The Morgan fingerprint density at radius 3 is 0.918 bits per heavy atom. The van der Waals surface area contributed by atoms with Crippen LogP contribution in [0.4, 0.5) is 9.59 Å². The van der Waals surface area contributed by atoms with Crippen LogP contribution in [-0.2, 0) is 88.0 Å². The zero-order chi connectivity index (χ0) is 93.6. The molecule has 25 heteroatoms. The molecule has 6 heterocycles. The van der Waals surface area contributed by atoms with Crippen LogP contribution in [0.25, 0.3) is 66.1 Å². The smallest absolute Gasteiger partial charge is 0.407 e. The highest BCUT2D eigenvalue weighted by atomic mass is 35.5. The molecule has 0 atom stereocenters. The average Bonchev–Trinajstić information content (AvgIpc) is 1.63. The topological polar surface area (TPSA) is 197 Å². The summed E-state index contributed by atoms with van der Waals surface area (Å²) in [4.78, 5) is 43.9. The molecule has 3 fully saturated rings. The Bertz CT molecular complexity index is 5790. The molecule has 9 aromatic carbocycles. The third kappa shape index (κ3) is 29.3. The second kappa shape index (κ2) is 49.7. The zero-order valence-corrected chi connectivity index (χ0v) is 82.1. The van der Waals surface area contributed by atoms with Gasteiger partial charge in [0.1, 0.15) is 28.5 Å². The molecule has 2 amide bonds. The molecule has 6 N–H and O–H groups in total. The summed E-state index contributed by atoms with van der Waals surface area (Å²) in [6, 6.07) is 64.1. The number of hydrogen-bond donors (Lipinski definition) is 4. The largest absolute Gasteiger partial charge is 0.497 e. The Labute approximate surface area is 812 Å². The SMILES string of the molecule is C.C.COc1ccc(-c2cn(CCCN)c3ccc(CN4CCN(Cc5ccccc5Cl)CC4)cc23)c(CN(C)C)c1.COc1ccc(-c2cn(CCCNC(=O)OC(C)(C)C)c3ccc(CN4CCN(Cc5ccccc5Cl)CC4)cc23)c(CN(C)C)c1.COc1ccc(-c2cn(CCCNC(=O)OC(C)(C)C)c3ccc(CN4CCN(Cc5ccccc5Cl)CC4)cc23)c(CN)c1. The summed E-state index contributed by atoms with van der Waals surface area (Å²) in [7, 11) is 13.5. The molecule has 3 aromatic heterocycles. The third-order valence-corrected chi connectivity index (χ3v) is 25.7. The summed E-state index contributed by atoms with van der Waals surface area (Å²) >= 11 is 19.3. The first kappa shape index (κ1) is 104. The van der Waals surface area contributed by atoms with Gasteiger partial charge < -0.3 is 69.3 Å². The van der Waals surface area contributed by atoms with Crippen molar-refractivity contribution in [3.8, 4) is 50.6 Å². The van der Waals surface area contributed by atoms with Crippen LogP contribution in [0.15, 0.2) is 201 Å². The van der Waals surface area contributed by atoms with Crippen LogP contribution in [-0.4, -0.2) is 224 Å². The number of carbonyl (C=O) groups excluding carboxylic acids is 2. The number of carbonyl (C=O) groups is 2. The molecule has 0 spiro atoms. The van der Waals surface area contributed by atoms with Gasteiger partial charge in [-0.2, -0.15) is 0 Å².